The molecule has 0 aromatic heterocycles. The van der Waals surface area contributed by atoms with E-state index >= 15 is 0 Å². The molecule has 1 saturated heterocycles. The van der Waals surface area contributed by atoms with Crippen LogP contribution in [0.4, 0.5) is 5.69 Å². The van der Waals surface area contributed by atoms with Crippen molar-refractivity contribution in [2.75, 3.05) is 26.2 Å². The van der Waals surface area contributed by atoms with Crippen LogP contribution in [0.15, 0.2) is 18.2 Å². The molecule has 8 heteroatoms. The van der Waals surface area contributed by atoms with Crippen LogP contribution in [-0.4, -0.2) is 53.2 Å². The van der Waals surface area contributed by atoms with Gasteiger partial charge < -0.3 is 20.5 Å². The van der Waals surface area contributed by atoms with Gasteiger partial charge in [-0.05, 0) is 44.5 Å². The molecule has 1 aromatic rings. The number of nitro groups is 1. The second kappa shape index (κ2) is 8.07. The molecule has 1 fully saturated rings. The average Bonchev–Trinajstić information content (AvgIpc) is 2.54. The highest BCUT2D eigenvalue weighted by Crippen LogP contribution is 2.27. The molecule has 8 nitrogen and oxygen atoms in total. The Morgan fingerprint density at radius 1 is 1.50 bits per heavy atom. The molecule has 1 atom stereocenters. The van der Waals surface area contributed by atoms with Gasteiger partial charge in [-0.15, -0.1) is 0 Å². The van der Waals surface area contributed by atoms with E-state index in [1.54, 1.807) is 19.1 Å². The summed E-state index contributed by atoms with van der Waals surface area (Å²) in [5.41, 5.74) is 5.96. The van der Waals surface area contributed by atoms with Crippen molar-refractivity contribution in [1.82, 2.24) is 4.90 Å². The molecule has 1 aromatic carbocycles. The van der Waals surface area contributed by atoms with Crippen molar-refractivity contribution < 1.29 is 19.6 Å². The maximum atomic E-state index is 11.1. The van der Waals surface area contributed by atoms with Crippen LogP contribution >= 0.6 is 0 Å². The van der Waals surface area contributed by atoms with Gasteiger partial charge >= 0.3 is 5.69 Å². The van der Waals surface area contributed by atoms with Crippen LogP contribution in [0.25, 0.3) is 0 Å². The van der Waals surface area contributed by atoms with Crippen LogP contribution in [0.3, 0.4) is 0 Å². The molecule has 3 N–H and O–H groups in total. The normalized spacial score (nSPS) is 17.4. The zero-order valence-electron chi connectivity index (χ0n) is 13.7. The molecule has 132 valence electrons. The third-order valence-corrected chi connectivity index (χ3v) is 4.20. The highest BCUT2D eigenvalue weighted by atomic mass is 16.6. The molecule has 1 aliphatic heterocycles. The first-order chi connectivity index (χ1) is 11.4. The number of hydrogen-bond donors (Lipinski definition) is 2. The number of likely N-dealkylation sites (tertiary alicyclic amines) is 1. The van der Waals surface area contributed by atoms with Crippen molar-refractivity contribution in [1.29, 1.82) is 0 Å². The first-order valence-corrected chi connectivity index (χ1v) is 7.94. The Labute approximate surface area is 140 Å². The summed E-state index contributed by atoms with van der Waals surface area (Å²) >= 11 is 0. The minimum absolute atomic E-state index is 0.0281. The Morgan fingerprint density at radius 2 is 2.17 bits per heavy atom. The fraction of sp³-hybridized carbons (Fsp3) is 0.562. The number of aryl methyl sites for hydroxylation is 1. The van der Waals surface area contributed by atoms with Crippen LogP contribution in [-0.2, 0) is 4.79 Å². The smallest absolute Gasteiger partial charge is 0.311 e. The lowest BCUT2D eigenvalue weighted by Crippen LogP contribution is -2.43. The predicted octanol–water partition coefficient (Wildman–Crippen LogP) is 0.840. The van der Waals surface area contributed by atoms with E-state index in [2.05, 4.69) is 0 Å². The van der Waals surface area contributed by atoms with Gasteiger partial charge in [-0.1, -0.05) is 6.07 Å². The number of benzene rings is 1. The fourth-order valence-electron chi connectivity index (χ4n) is 2.83. The molecule has 1 aliphatic rings. The van der Waals surface area contributed by atoms with Crippen LogP contribution in [0.1, 0.15) is 18.4 Å². The summed E-state index contributed by atoms with van der Waals surface area (Å²) in [5, 5.41) is 21.1. The summed E-state index contributed by atoms with van der Waals surface area (Å²) in [6, 6.07) is 4.71. The van der Waals surface area contributed by atoms with Gasteiger partial charge in [-0.25, -0.2) is 0 Å². The zero-order chi connectivity index (χ0) is 17.7. The largest absolute Gasteiger partial charge is 0.484 e. The molecule has 0 spiro atoms. The summed E-state index contributed by atoms with van der Waals surface area (Å²) in [6.07, 6.45) is 0.606. The minimum atomic E-state index is -0.768. The number of amides is 1. The van der Waals surface area contributed by atoms with Crippen molar-refractivity contribution in [3.8, 4) is 5.75 Å². The molecule has 0 bridgehead atoms. The third-order valence-electron chi connectivity index (χ3n) is 4.20. The minimum Gasteiger partial charge on any atom is -0.484 e. The molecule has 0 radical (unpaired) electrons. The zero-order valence-corrected chi connectivity index (χ0v) is 13.7. The lowest BCUT2D eigenvalue weighted by atomic mass is 9.96. The Bertz CT molecular complexity index is 599. The van der Waals surface area contributed by atoms with Crippen molar-refractivity contribution in [3.63, 3.8) is 0 Å². The SMILES string of the molecule is Cc1ccc(OCC(O)CN2CCC(C(N)=O)CC2)c([N+](=O)[O-])c1. The van der Waals surface area contributed by atoms with E-state index in [1.165, 1.54) is 6.07 Å². The number of rotatable bonds is 7. The first kappa shape index (κ1) is 18.2. The summed E-state index contributed by atoms with van der Waals surface area (Å²) in [5.74, 6) is -0.216. The van der Waals surface area contributed by atoms with Crippen molar-refractivity contribution in [3.05, 3.63) is 33.9 Å². The topological polar surface area (TPSA) is 119 Å². The molecular formula is C16H23N3O5. The molecule has 2 rings (SSSR count). The number of aliphatic hydroxyl groups is 1. The van der Waals surface area contributed by atoms with Gasteiger partial charge in [-0.2, -0.15) is 0 Å². The van der Waals surface area contributed by atoms with Gasteiger partial charge in [0.05, 0.1) is 4.92 Å². The number of ether oxygens (including phenoxy) is 1. The van der Waals surface area contributed by atoms with Crippen molar-refractivity contribution in [2.24, 2.45) is 11.7 Å². The summed E-state index contributed by atoms with van der Waals surface area (Å²) in [7, 11) is 0. The molecular weight excluding hydrogens is 314 g/mol. The van der Waals surface area contributed by atoms with E-state index in [0.29, 0.717) is 32.5 Å². The third kappa shape index (κ3) is 4.90. The van der Waals surface area contributed by atoms with Crippen LogP contribution in [0, 0.1) is 23.0 Å². The second-order valence-corrected chi connectivity index (χ2v) is 6.17. The number of carbonyl (C=O) groups is 1. The number of aliphatic hydroxyl groups excluding tert-OH is 1. The molecule has 0 saturated carbocycles. The summed E-state index contributed by atoms with van der Waals surface area (Å²) in [6.45, 7) is 3.51. The van der Waals surface area contributed by atoms with Gasteiger partial charge in [0.15, 0.2) is 5.75 Å². The number of β-amino-alcohol motifs (C(OH)–C–C–N with tert-alkyl or cyclic N) is 1. The summed E-state index contributed by atoms with van der Waals surface area (Å²) < 4.78 is 5.42. The lowest BCUT2D eigenvalue weighted by Gasteiger charge is -2.31. The molecule has 1 unspecified atom stereocenters. The van der Waals surface area contributed by atoms with Gasteiger partial charge in [0.2, 0.25) is 5.91 Å². The summed E-state index contributed by atoms with van der Waals surface area (Å²) in [4.78, 5) is 23.7. The average molecular weight is 337 g/mol. The standard InChI is InChI=1S/C16H23N3O5/c1-11-2-3-15(14(8-11)19(22)23)24-10-13(20)9-18-6-4-12(5-7-18)16(17)21/h2-3,8,12-13,20H,4-7,9-10H2,1H3,(H2,17,21). The monoisotopic (exact) mass is 337 g/mol. The Hall–Kier alpha value is -2.19. The first-order valence-electron chi connectivity index (χ1n) is 7.94. The van der Waals surface area contributed by atoms with E-state index in [1.807, 2.05) is 4.90 Å². The number of nitrogens with zero attached hydrogens (tertiary/aromatic N) is 2. The quantitative estimate of drug-likeness (QED) is 0.562. The van der Waals surface area contributed by atoms with E-state index in [0.717, 1.165) is 5.56 Å². The fourth-order valence-corrected chi connectivity index (χ4v) is 2.83. The maximum Gasteiger partial charge on any atom is 0.311 e. The van der Waals surface area contributed by atoms with Crippen LogP contribution < -0.4 is 10.5 Å². The Morgan fingerprint density at radius 3 is 2.75 bits per heavy atom. The molecule has 0 aliphatic carbocycles. The Balaban J connectivity index is 1.83. The van der Waals surface area contributed by atoms with Gasteiger partial charge in [0, 0.05) is 18.5 Å². The number of nitro benzene ring substituents is 1. The Kier molecular flexibility index (Phi) is 6.10. The number of carbonyl (C=O) groups excluding carboxylic acids is 1. The molecule has 1 heterocycles. The van der Waals surface area contributed by atoms with Crippen molar-refractivity contribution in [2.45, 2.75) is 25.9 Å². The van der Waals surface area contributed by atoms with E-state index in [9.17, 15) is 20.0 Å². The maximum absolute atomic E-state index is 11.1. The number of nitrogens with two attached hydrogens (primary N) is 1. The number of piperidine rings is 1. The van der Waals surface area contributed by atoms with Crippen LogP contribution in [0.5, 0.6) is 5.75 Å². The van der Waals surface area contributed by atoms with E-state index in [4.69, 9.17) is 10.5 Å². The lowest BCUT2D eigenvalue weighted by molar-refractivity contribution is -0.386. The van der Waals surface area contributed by atoms with E-state index < -0.39 is 11.0 Å². The van der Waals surface area contributed by atoms with Crippen LogP contribution in [0.2, 0.25) is 0 Å². The van der Waals surface area contributed by atoms with E-state index in [-0.39, 0.29) is 29.9 Å². The highest BCUT2D eigenvalue weighted by Gasteiger charge is 2.24. The number of primary amides is 1. The van der Waals surface area contributed by atoms with Gasteiger partial charge in [-0.3, -0.25) is 14.9 Å². The highest BCUT2D eigenvalue weighted by molar-refractivity contribution is 5.76. The van der Waals surface area contributed by atoms with Gasteiger partial charge in [0.25, 0.3) is 0 Å². The molecule has 24 heavy (non-hydrogen) atoms. The second-order valence-electron chi connectivity index (χ2n) is 6.17. The predicted molar refractivity (Wildman–Crippen MR) is 87.7 cm³/mol. The molecule has 1 amide bonds. The number of hydrogen-bond acceptors (Lipinski definition) is 6. The van der Waals surface area contributed by atoms with Crippen molar-refractivity contribution >= 4 is 11.6 Å². The van der Waals surface area contributed by atoms with Gasteiger partial charge in [0.1, 0.15) is 12.7 Å².